The highest BCUT2D eigenvalue weighted by Gasteiger charge is 2.10. The molecule has 0 aliphatic heterocycles. The standard InChI is InChI=1S/C10H5ClN2O/c11-6-1-2-7-8(10(14)4-12)5-13-9(7)3-6/h1-3,5,13H. The van der Waals surface area contributed by atoms with Crippen LogP contribution in [0.2, 0.25) is 5.02 Å². The van der Waals surface area contributed by atoms with Crippen molar-refractivity contribution < 1.29 is 4.79 Å². The van der Waals surface area contributed by atoms with Crippen molar-refractivity contribution in [3.63, 3.8) is 0 Å². The lowest BCUT2D eigenvalue weighted by molar-refractivity contribution is 0.105. The molecule has 4 heteroatoms. The Morgan fingerprint density at radius 2 is 2.29 bits per heavy atom. The Bertz CT molecular complexity index is 551. The second-order valence-electron chi connectivity index (χ2n) is 2.83. The van der Waals surface area contributed by atoms with Crippen molar-refractivity contribution in [2.24, 2.45) is 0 Å². The van der Waals surface area contributed by atoms with Crippen LogP contribution < -0.4 is 0 Å². The van der Waals surface area contributed by atoms with Crippen LogP contribution in [0.4, 0.5) is 0 Å². The summed E-state index contributed by atoms with van der Waals surface area (Å²) < 4.78 is 0. The van der Waals surface area contributed by atoms with Crippen molar-refractivity contribution in [2.45, 2.75) is 0 Å². The Hall–Kier alpha value is -1.79. The van der Waals surface area contributed by atoms with E-state index < -0.39 is 5.78 Å². The van der Waals surface area contributed by atoms with E-state index in [9.17, 15) is 4.79 Å². The number of nitrogens with one attached hydrogen (secondary N) is 1. The smallest absolute Gasteiger partial charge is 0.264 e. The number of hydrogen-bond donors (Lipinski definition) is 1. The average Bonchev–Trinajstić information content (AvgIpc) is 2.59. The summed E-state index contributed by atoms with van der Waals surface area (Å²) in [6, 6.07) is 6.70. The van der Waals surface area contributed by atoms with Crippen LogP contribution >= 0.6 is 11.6 Å². The highest BCUT2D eigenvalue weighted by Crippen LogP contribution is 2.22. The van der Waals surface area contributed by atoms with Crippen molar-refractivity contribution in [2.75, 3.05) is 0 Å². The zero-order valence-corrected chi connectivity index (χ0v) is 7.80. The first kappa shape index (κ1) is 8.79. The van der Waals surface area contributed by atoms with E-state index in [0.717, 1.165) is 10.9 Å². The molecule has 2 aromatic rings. The third kappa shape index (κ3) is 1.26. The fourth-order valence-corrected chi connectivity index (χ4v) is 1.52. The van der Waals surface area contributed by atoms with Gasteiger partial charge in [-0.3, -0.25) is 4.79 Å². The Labute approximate surface area is 84.9 Å². The van der Waals surface area contributed by atoms with E-state index in [1.807, 2.05) is 0 Å². The van der Waals surface area contributed by atoms with Gasteiger partial charge in [0.2, 0.25) is 0 Å². The molecule has 0 bridgehead atoms. The molecule has 14 heavy (non-hydrogen) atoms. The maximum atomic E-state index is 11.2. The van der Waals surface area contributed by atoms with Crippen LogP contribution in [-0.2, 0) is 0 Å². The number of H-pyrrole nitrogens is 1. The molecule has 3 nitrogen and oxygen atoms in total. The zero-order chi connectivity index (χ0) is 10.1. The molecule has 0 amide bonds. The maximum Gasteiger partial charge on any atom is 0.264 e. The van der Waals surface area contributed by atoms with Crippen LogP contribution in [0.25, 0.3) is 10.9 Å². The van der Waals surface area contributed by atoms with Gasteiger partial charge < -0.3 is 4.98 Å². The quantitative estimate of drug-likeness (QED) is 0.573. The average molecular weight is 205 g/mol. The summed E-state index contributed by atoms with van der Waals surface area (Å²) in [5, 5.41) is 9.80. The van der Waals surface area contributed by atoms with Crippen molar-refractivity contribution in [1.82, 2.24) is 4.98 Å². The molecular weight excluding hydrogens is 200 g/mol. The second-order valence-corrected chi connectivity index (χ2v) is 3.27. The van der Waals surface area contributed by atoms with Crippen molar-refractivity contribution >= 4 is 28.3 Å². The van der Waals surface area contributed by atoms with Crippen LogP contribution in [0.15, 0.2) is 24.4 Å². The van der Waals surface area contributed by atoms with Gasteiger partial charge >= 0.3 is 0 Å². The molecule has 0 fully saturated rings. The summed E-state index contributed by atoms with van der Waals surface area (Å²) in [5.41, 5.74) is 1.15. The summed E-state index contributed by atoms with van der Waals surface area (Å²) >= 11 is 5.77. The summed E-state index contributed by atoms with van der Waals surface area (Å²) in [6.07, 6.45) is 1.52. The first-order valence-corrected chi connectivity index (χ1v) is 4.31. The molecule has 1 N–H and O–H groups in total. The predicted octanol–water partition coefficient (Wildman–Crippen LogP) is 2.53. The molecule has 1 aromatic heterocycles. The van der Waals surface area contributed by atoms with E-state index in [-0.39, 0.29) is 0 Å². The fourth-order valence-electron chi connectivity index (χ4n) is 1.35. The molecule has 0 radical (unpaired) electrons. The van der Waals surface area contributed by atoms with E-state index in [0.29, 0.717) is 10.6 Å². The topological polar surface area (TPSA) is 56.6 Å². The van der Waals surface area contributed by atoms with Crippen molar-refractivity contribution in [3.8, 4) is 6.07 Å². The third-order valence-corrected chi connectivity index (χ3v) is 2.23. The van der Waals surface area contributed by atoms with Gasteiger partial charge in [0.05, 0.1) is 5.56 Å². The number of aromatic amines is 1. The molecule has 0 aliphatic carbocycles. The molecular formula is C10H5ClN2O. The van der Waals surface area contributed by atoms with Crippen LogP contribution in [0.1, 0.15) is 10.4 Å². The monoisotopic (exact) mass is 204 g/mol. The summed E-state index contributed by atoms with van der Waals surface area (Å²) in [4.78, 5) is 14.0. The molecule has 0 aliphatic rings. The SMILES string of the molecule is N#CC(=O)c1c[nH]c2cc(Cl)ccc12. The minimum Gasteiger partial charge on any atom is -0.360 e. The van der Waals surface area contributed by atoms with Gasteiger partial charge in [0.1, 0.15) is 6.07 Å². The Morgan fingerprint density at radius 1 is 1.50 bits per heavy atom. The lowest BCUT2D eigenvalue weighted by Crippen LogP contribution is -1.91. The third-order valence-electron chi connectivity index (χ3n) is 1.99. The Morgan fingerprint density at radius 3 is 3.00 bits per heavy atom. The molecule has 1 aromatic carbocycles. The highest BCUT2D eigenvalue weighted by molar-refractivity contribution is 6.31. The molecule has 1 heterocycles. The number of ketones is 1. The summed E-state index contributed by atoms with van der Waals surface area (Å²) in [7, 11) is 0. The van der Waals surface area contributed by atoms with Crippen molar-refractivity contribution in [3.05, 3.63) is 35.0 Å². The van der Waals surface area contributed by atoms with Crippen LogP contribution in [0, 0.1) is 11.3 Å². The van der Waals surface area contributed by atoms with Crippen LogP contribution in [0.5, 0.6) is 0 Å². The van der Waals surface area contributed by atoms with E-state index in [2.05, 4.69) is 4.98 Å². The fraction of sp³-hybridized carbons (Fsp3) is 0. The zero-order valence-electron chi connectivity index (χ0n) is 7.04. The van der Waals surface area contributed by atoms with E-state index in [1.165, 1.54) is 6.20 Å². The number of fused-ring (bicyclic) bond motifs is 1. The van der Waals surface area contributed by atoms with Crippen LogP contribution in [-0.4, -0.2) is 10.8 Å². The Balaban J connectivity index is 2.71. The number of carbonyl (C=O) groups is 1. The van der Waals surface area contributed by atoms with E-state index in [4.69, 9.17) is 16.9 Å². The van der Waals surface area contributed by atoms with E-state index >= 15 is 0 Å². The van der Waals surface area contributed by atoms with Gasteiger partial charge in [0, 0.05) is 22.1 Å². The number of hydrogen-bond acceptors (Lipinski definition) is 2. The molecule has 0 atom stereocenters. The van der Waals surface area contributed by atoms with Gasteiger partial charge in [0.15, 0.2) is 0 Å². The number of carbonyl (C=O) groups excluding carboxylic acids is 1. The van der Waals surface area contributed by atoms with Gasteiger partial charge in [-0.2, -0.15) is 5.26 Å². The molecule has 2 rings (SSSR count). The number of nitriles is 1. The summed E-state index contributed by atoms with van der Waals surface area (Å²) in [6.45, 7) is 0. The summed E-state index contributed by atoms with van der Waals surface area (Å²) in [5.74, 6) is -0.543. The first-order chi connectivity index (χ1) is 6.72. The molecule has 0 unspecified atom stereocenters. The minimum absolute atomic E-state index is 0.388. The molecule has 0 saturated carbocycles. The van der Waals surface area contributed by atoms with E-state index in [1.54, 1.807) is 24.3 Å². The molecule has 68 valence electrons. The lowest BCUT2D eigenvalue weighted by atomic mass is 10.1. The lowest BCUT2D eigenvalue weighted by Gasteiger charge is -1.92. The largest absolute Gasteiger partial charge is 0.360 e. The normalized spacial score (nSPS) is 10.0. The van der Waals surface area contributed by atoms with Gasteiger partial charge in [-0.25, -0.2) is 0 Å². The van der Waals surface area contributed by atoms with Gasteiger partial charge in [-0.05, 0) is 12.1 Å². The number of nitrogens with zero attached hydrogens (tertiary/aromatic N) is 1. The molecule has 0 saturated heterocycles. The number of rotatable bonds is 1. The number of aromatic nitrogens is 1. The first-order valence-electron chi connectivity index (χ1n) is 3.93. The second kappa shape index (κ2) is 3.17. The minimum atomic E-state index is -0.543. The maximum absolute atomic E-state index is 11.2. The highest BCUT2D eigenvalue weighted by atomic mass is 35.5. The number of benzene rings is 1. The van der Waals surface area contributed by atoms with Crippen LogP contribution in [0.3, 0.4) is 0 Å². The number of Topliss-reactive ketones (excluding diaryl/α,β-unsaturated/α-hetero) is 1. The van der Waals surface area contributed by atoms with Gasteiger partial charge in [0.25, 0.3) is 5.78 Å². The van der Waals surface area contributed by atoms with Gasteiger partial charge in [-0.1, -0.05) is 17.7 Å². The van der Waals surface area contributed by atoms with Gasteiger partial charge in [-0.15, -0.1) is 0 Å². The predicted molar refractivity (Wildman–Crippen MR) is 53.3 cm³/mol. The molecule has 0 spiro atoms. The number of halogens is 1. The Kier molecular flexibility index (Phi) is 1.99. The van der Waals surface area contributed by atoms with Crippen molar-refractivity contribution in [1.29, 1.82) is 5.26 Å².